The number of thioether (sulfide) groups is 1. The Morgan fingerprint density at radius 1 is 1.02 bits per heavy atom. The second kappa shape index (κ2) is 13.7. The summed E-state index contributed by atoms with van der Waals surface area (Å²) >= 11 is 11.8. The molecule has 0 bridgehead atoms. The van der Waals surface area contributed by atoms with Crippen LogP contribution in [0.5, 0.6) is 0 Å². The first kappa shape index (κ1) is 32.7. The molecular weight excluding hydrogens is 713 g/mol. The predicted molar refractivity (Wildman–Crippen MR) is 202 cm³/mol. The molecule has 2 aromatic rings. The smallest absolute Gasteiger partial charge is 0.134 e. The monoisotopic (exact) mass is 753 g/mol. The standard InChI is InChI=1S/C36H43Br2S2Si2/c1-8-25(41(9-2)10-3)15-16-26-33-28-22-24(37)14-18-30(28)39-35(33)27(20-21-42(11-4,12-5)13-6)34-32-23(7)29(38)17-19-31(32)40-36(26)34/h14,17-19,22-23,25-26,29,36H,8-13H2,1-7H3/q+1. The SMILES string of the molecule is CCC(C#CC1c2c(sc3ccc(Br)cc23)C(C#C[Si](CC)(CC)CC)=C2C3=C(C=CC(Br)C3C)SC21)[Si+](CC)CC. The first-order valence-corrected chi connectivity index (χ1v) is 23.9. The van der Waals surface area contributed by atoms with E-state index in [9.17, 15) is 0 Å². The summed E-state index contributed by atoms with van der Waals surface area (Å²) in [5, 5.41) is 1.65. The van der Waals surface area contributed by atoms with Crippen LogP contribution in [-0.4, -0.2) is 26.9 Å². The fourth-order valence-electron chi connectivity index (χ4n) is 6.93. The lowest BCUT2D eigenvalue weighted by Crippen LogP contribution is -2.29. The first-order chi connectivity index (χ1) is 20.3. The van der Waals surface area contributed by atoms with E-state index in [0.717, 1.165) is 10.9 Å². The van der Waals surface area contributed by atoms with Gasteiger partial charge in [-0.1, -0.05) is 96.4 Å². The van der Waals surface area contributed by atoms with Gasteiger partial charge in [0.05, 0.1) is 23.3 Å². The fraction of sp³-hybridized carbons (Fsp3) is 0.500. The van der Waals surface area contributed by atoms with E-state index in [1.807, 2.05) is 11.3 Å². The molecule has 5 rings (SSSR count). The third kappa shape index (κ3) is 5.83. The molecule has 0 saturated carbocycles. The Balaban J connectivity index is 1.81. The molecule has 2 aliphatic carbocycles. The van der Waals surface area contributed by atoms with E-state index in [-0.39, 0.29) is 5.92 Å². The van der Waals surface area contributed by atoms with Crippen LogP contribution in [0, 0.1) is 29.2 Å². The summed E-state index contributed by atoms with van der Waals surface area (Å²) in [6.07, 6.45) is 5.87. The van der Waals surface area contributed by atoms with Gasteiger partial charge in [-0.2, -0.15) is 0 Å². The van der Waals surface area contributed by atoms with E-state index in [4.69, 9.17) is 0 Å². The third-order valence-corrected chi connectivity index (χ3v) is 22.2. The number of hydrogen-bond donors (Lipinski definition) is 0. The third-order valence-electron chi connectivity index (χ3n) is 9.96. The molecule has 1 aromatic heterocycles. The summed E-state index contributed by atoms with van der Waals surface area (Å²) in [4.78, 5) is 3.17. The van der Waals surface area contributed by atoms with Gasteiger partial charge >= 0.3 is 8.80 Å². The molecule has 220 valence electrons. The van der Waals surface area contributed by atoms with Crippen molar-refractivity contribution in [1.29, 1.82) is 0 Å². The normalized spacial score (nSPS) is 23.5. The highest BCUT2D eigenvalue weighted by atomic mass is 79.9. The number of thiophene rings is 1. The number of benzene rings is 1. The maximum Gasteiger partial charge on any atom is 0.330 e. The van der Waals surface area contributed by atoms with Crippen molar-refractivity contribution in [3.63, 3.8) is 0 Å². The molecule has 0 radical (unpaired) electrons. The number of fused-ring (bicyclic) bond motifs is 5. The number of hydrogen-bond acceptors (Lipinski definition) is 2. The van der Waals surface area contributed by atoms with Gasteiger partial charge in [-0.3, -0.25) is 0 Å². The van der Waals surface area contributed by atoms with Gasteiger partial charge in [0.25, 0.3) is 0 Å². The molecule has 0 amide bonds. The second-order valence-corrected chi connectivity index (χ2v) is 24.4. The molecule has 6 heteroatoms. The van der Waals surface area contributed by atoms with Crippen LogP contribution >= 0.6 is 55.0 Å². The summed E-state index contributed by atoms with van der Waals surface area (Å²) in [6, 6.07) is 13.1. The Morgan fingerprint density at radius 2 is 1.74 bits per heavy atom. The van der Waals surface area contributed by atoms with Crippen molar-refractivity contribution in [2.75, 3.05) is 0 Å². The number of alkyl halides is 1. The number of allylic oxidation sites excluding steroid dienone is 4. The van der Waals surface area contributed by atoms with Gasteiger partial charge in [-0.15, -0.1) is 28.6 Å². The Morgan fingerprint density at radius 3 is 2.38 bits per heavy atom. The molecular formula is C36H43Br2S2Si2+. The molecule has 0 spiro atoms. The van der Waals surface area contributed by atoms with Crippen molar-refractivity contribution in [3.8, 4) is 23.3 Å². The van der Waals surface area contributed by atoms with Gasteiger partial charge in [0.1, 0.15) is 13.6 Å². The van der Waals surface area contributed by atoms with Crippen LogP contribution in [0.4, 0.5) is 0 Å². The first-order valence-electron chi connectivity index (χ1n) is 15.8. The van der Waals surface area contributed by atoms with Gasteiger partial charge in [-0.05, 0) is 84.6 Å². The topological polar surface area (TPSA) is 0 Å². The van der Waals surface area contributed by atoms with E-state index in [1.54, 1.807) is 0 Å². The van der Waals surface area contributed by atoms with E-state index >= 15 is 0 Å². The van der Waals surface area contributed by atoms with Crippen molar-refractivity contribution in [2.24, 2.45) is 5.92 Å². The Kier molecular flexibility index (Phi) is 10.7. The lowest BCUT2D eigenvalue weighted by atomic mass is 9.75. The Hall–Kier alpha value is -0.736. The van der Waals surface area contributed by atoms with E-state index in [0.29, 0.717) is 21.5 Å². The zero-order chi connectivity index (χ0) is 30.2. The van der Waals surface area contributed by atoms with Crippen LogP contribution in [0.1, 0.15) is 71.2 Å². The molecule has 0 nitrogen and oxygen atoms in total. The average Bonchev–Trinajstić information content (AvgIpc) is 3.57. The number of halogens is 2. The highest BCUT2D eigenvalue weighted by Gasteiger charge is 2.46. The summed E-state index contributed by atoms with van der Waals surface area (Å²) in [5.74, 6) is 12.5. The minimum Gasteiger partial charge on any atom is -0.134 e. The zero-order valence-corrected chi connectivity index (χ0v) is 32.9. The summed E-state index contributed by atoms with van der Waals surface area (Å²) in [5.41, 5.74) is 10.3. The van der Waals surface area contributed by atoms with E-state index in [2.05, 4.69) is 146 Å². The quantitative estimate of drug-likeness (QED) is 0.154. The Labute approximate surface area is 282 Å². The molecule has 0 fully saturated rings. The summed E-state index contributed by atoms with van der Waals surface area (Å²) in [7, 11) is -2.10. The maximum atomic E-state index is 4.02. The van der Waals surface area contributed by atoms with Crippen molar-refractivity contribution >= 4 is 87.5 Å². The van der Waals surface area contributed by atoms with E-state index < -0.39 is 16.9 Å². The molecule has 2 heterocycles. The van der Waals surface area contributed by atoms with Crippen LogP contribution < -0.4 is 0 Å². The van der Waals surface area contributed by atoms with Crippen LogP contribution in [0.3, 0.4) is 0 Å². The lowest BCUT2D eigenvalue weighted by Gasteiger charge is -2.31. The van der Waals surface area contributed by atoms with Crippen molar-refractivity contribution < 1.29 is 0 Å². The van der Waals surface area contributed by atoms with Crippen molar-refractivity contribution in [1.82, 2.24) is 0 Å². The van der Waals surface area contributed by atoms with Crippen LogP contribution in [0.2, 0.25) is 35.8 Å². The molecule has 5 atom stereocenters. The highest BCUT2D eigenvalue weighted by molar-refractivity contribution is 9.10. The van der Waals surface area contributed by atoms with Crippen molar-refractivity contribution in [3.05, 3.63) is 61.3 Å². The molecule has 3 aliphatic rings. The van der Waals surface area contributed by atoms with Gasteiger partial charge in [0.2, 0.25) is 0 Å². The minimum absolute atomic E-state index is 0.171. The van der Waals surface area contributed by atoms with Gasteiger partial charge in [0.15, 0.2) is 0 Å². The van der Waals surface area contributed by atoms with Crippen molar-refractivity contribution in [2.45, 2.75) is 107 Å². The molecule has 0 saturated heterocycles. The molecule has 1 aromatic carbocycles. The van der Waals surface area contributed by atoms with Crippen LogP contribution in [0.25, 0.3) is 15.7 Å². The highest BCUT2D eigenvalue weighted by Crippen LogP contribution is 2.60. The Bertz CT molecular complexity index is 1560. The van der Waals surface area contributed by atoms with Gasteiger partial charge in [-0.25, -0.2) is 0 Å². The molecule has 1 aliphatic heterocycles. The average molecular weight is 756 g/mol. The largest absolute Gasteiger partial charge is 0.330 e. The number of rotatable bonds is 7. The lowest BCUT2D eigenvalue weighted by molar-refractivity contribution is 0.705. The summed E-state index contributed by atoms with van der Waals surface area (Å²) < 4.78 is 2.50. The zero-order valence-electron chi connectivity index (χ0n) is 26.1. The van der Waals surface area contributed by atoms with Crippen LogP contribution in [-0.2, 0) is 0 Å². The fourth-order valence-corrected chi connectivity index (χ4v) is 15.3. The van der Waals surface area contributed by atoms with Crippen LogP contribution in [0.15, 0.2) is 50.9 Å². The second-order valence-electron chi connectivity index (χ2n) is 11.9. The molecule has 5 unspecified atom stereocenters. The minimum atomic E-state index is -1.63. The van der Waals surface area contributed by atoms with Gasteiger partial charge in [0, 0.05) is 29.4 Å². The molecule has 42 heavy (non-hydrogen) atoms. The maximum absolute atomic E-state index is 4.02. The van der Waals surface area contributed by atoms with Gasteiger partial charge < -0.3 is 0 Å². The molecule has 0 N–H and O–H groups in total. The summed E-state index contributed by atoms with van der Waals surface area (Å²) in [6.45, 7) is 16.6. The predicted octanol–water partition coefficient (Wildman–Crippen LogP) is 12.2. The van der Waals surface area contributed by atoms with E-state index in [1.165, 1.54) is 72.4 Å².